The van der Waals surface area contributed by atoms with Crippen LogP contribution in [-0.4, -0.2) is 49.2 Å². The Morgan fingerprint density at radius 3 is 2.26 bits per heavy atom. The van der Waals surface area contributed by atoms with Gasteiger partial charge in [0.25, 0.3) is 0 Å². The fourth-order valence-corrected chi connectivity index (χ4v) is 2.27. The van der Waals surface area contributed by atoms with E-state index < -0.39 is 5.54 Å². The average Bonchev–Trinajstić information content (AvgIpc) is 2.33. The quantitative estimate of drug-likeness (QED) is 0.654. The lowest BCUT2D eigenvalue weighted by molar-refractivity contribution is -0.148. The molecule has 4 nitrogen and oxygen atoms in total. The second kappa shape index (κ2) is 8.54. The van der Waals surface area contributed by atoms with Crippen LogP contribution in [0, 0.1) is 5.92 Å². The second-order valence-corrected chi connectivity index (χ2v) is 6.09. The minimum atomic E-state index is -0.590. The van der Waals surface area contributed by atoms with E-state index in [2.05, 4.69) is 37.9 Å². The van der Waals surface area contributed by atoms with Crippen molar-refractivity contribution in [2.75, 3.05) is 26.7 Å². The van der Waals surface area contributed by atoms with Gasteiger partial charge in [0.1, 0.15) is 5.54 Å². The van der Waals surface area contributed by atoms with E-state index in [4.69, 9.17) is 4.74 Å². The van der Waals surface area contributed by atoms with Crippen LogP contribution in [0.1, 0.15) is 48.0 Å². The highest BCUT2D eigenvalue weighted by Gasteiger charge is 2.33. The van der Waals surface area contributed by atoms with Crippen LogP contribution in [0.3, 0.4) is 0 Å². The first kappa shape index (κ1) is 18.4. The van der Waals surface area contributed by atoms with E-state index in [-0.39, 0.29) is 5.97 Å². The Kier molecular flexibility index (Phi) is 8.26. The summed E-state index contributed by atoms with van der Waals surface area (Å²) in [7, 11) is 1.45. The number of carbonyl (C=O) groups is 1. The van der Waals surface area contributed by atoms with Crippen molar-refractivity contribution >= 4 is 5.97 Å². The molecule has 0 aliphatic heterocycles. The highest BCUT2D eigenvalue weighted by atomic mass is 16.5. The summed E-state index contributed by atoms with van der Waals surface area (Å²) >= 11 is 0. The largest absolute Gasteiger partial charge is 0.468 e. The molecule has 4 heteroatoms. The molecular formula is C15H32N2O2. The summed E-state index contributed by atoms with van der Waals surface area (Å²) in [4.78, 5) is 14.3. The molecule has 0 radical (unpaired) electrons. The number of carbonyl (C=O) groups excluding carboxylic acids is 1. The van der Waals surface area contributed by atoms with Crippen LogP contribution >= 0.6 is 0 Å². The van der Waals surface area contributed by atoms with Gasteiger partial charge in [-0.25, -0.2) is 0 Å². The summed E-state index contributed by atoms with van der Waals surface area (Å²) in [5.74, 6) is 0.452. The van der Waals surface area contributed by atoms with Crippen LogP contribution in [0.5, 0.6) is 0 Å². The second-order valence-electron chi connectivity index (χ2n) is 6.09. The standard InChI is InChI=1S/C15H32N2O2/c1-8-16-15(6,14(18)19-7)9-10-17(13(4)5)11-12(2)3/h12-13,16H,8-11H2,1-7H3. The molecular weight excluding hydrogens is 240 g/mol. The van der Waals surface area contributed by atoms with Crippen molar-refractivity contribution in [2.45, 2.75) is 59.5 Å². The van der Waals surface area contributed by atoms with E-state index in [1.807, 2.05) is 13.8 Å². The summed E-state index contributed by atoms with van der Waals surface area (Å²) in [6.07, 6.45) is 0.762. The van der Waals surface area contributed by atoms with Gasteiger partial charge in [0.05, 0.1) is 7.11 Å². The Balaban J connectivity index is 4.63. The lowest BCUT2D eigenvalue weighted by atomic mass is 9.97. The van der Waals surface area contributed by atoms with Gasteiger partial charge in [0, 0.05) is 19.1 Å². The first-order chi connectivity index (χ1) is 8.76. The Bertz CT molecular complexity index is 267. The van der Waals surface area contributed by atoms with E-state index >= 15 is 0 Å². The minimum absolute atomic E-state index is 0.178. The third kappa shape index (κ3) is 6.39. The molecule has 0 aromatic heterocycles. The lowest BCUT2D eigenvalue weighted by Crippen LogP contribution is -2.52. The van der Waals surface area contributed by atoms with Crippen molar-refractivity contribution in [2.24, 2.45) is 5.92 Å². The van der Waals surface area contributed by atoms with Gasteiger partial charge in [0.2, 0.25) is 0 Å². The summed E-state index contributed by atoms with van der Waals surface area (Å²) in [6, 6.07) is 0.492. The smallest absolute Gasteiger partial charge is 0.325 e. The highest BCUT2D eigenvalue weighted by molar-refractivity contribution is 5.80. The number of esters is 1. The number of ether oxygens (including phenoxy) is 1. The number of hydrogen-bond acceptors (Lipinski definition) is 4. The molecule has 0 aromatic carbocycles. The van der Waals surface area contributed by atoms with Crippen molar-refractivity contribution in [3.63, 3.8) is 0 Å². The monoisotopic (exact) mass is 272 g/mol. The molecule has 1 N–H and O–H groups in total. The molecule has 114 valence electrons. The molecule has 0 aliphatic carbocycles. The van der Waals surface area contributed by atoms with E-state index in [1.165, 1.54) is 7.11 Å². The van der Waals surface area contributed by atoms with E-state index in [0.29, 0.717) is 12.0 Å². The average molecular weight is 272 g/mol. The van der Waals surface area contributed by atoms with Crippen LogP contribution < -0.4 is 5.32 Å². The molecule has 0 rings (SSSR count). The Morgan fingerprint density at radius 1 is 1.32 bits per heavy atom. The molecule has 0 bridgehead atoms. The SMILES string of the molecule is CCNC(C)(CCN(CC(C)C)C(C)C)C(=O)OC. The topological polar surface area (TPSA) is 41.6 Å². The third-order valence-corrected chi connectivity index (χ3v) is 3.43. The molecule has 1 unspecified atom stereocenters. The number of rotatable bonds is 9. The molecule has 0 saturated carbocycles. The zero-order valence-electron chi connectivity index (χ0n) is 13.7. The molecule has 0 aromatic rings. The van der Waals surface area contributed by atoms with Gasteiger partial charge in [-0.3, -0.25) is 4.79 Å². The van der Waals surface area contributed by atoms with Crippen molar-refractivity contribution in [1.82, 2.24) is 10.2 Å². The Morgan fingerprint density at radius 2 is 1.89 bits per heavy atom. The molecule has 0 amide bonds. The van der Waals surface area contributed by atoms with E-state index in [9.17, 15) is 4.79 Å². The van der Waals surface area contributed by atoms with Gasteiger partial charge in [0.15, 0.2) is 0 Å². The fourth-order valence-electron chi connectivity index (χ4n) is 2.27. The van der Waals surface area contributed by atoms with Gasteiger partial charge in [-0.2, -0.15) is 0 Å². The zero-order valence-corrected chi connectivity index (χ0v) is 13.7. The maximum atomic E-state index is 11.9. The zero-order chi connectivity index (χ0) is 15.1. The fraction of sp³-hybridized carbons (Fsp3) is 0.933. The maximum Gasteiger partial charge on any atom is 0.325 e. The van der Waals surface area contributed by atoms with Gasteiger partial charge < -0.3 is 15.0 Å². The van der Waals surface area contributed by atoms with Crippen LogP contribution in [0.4, 0.5) is 0 Å². The van der Waals surface area contributed by atoms with Gasteiger partial charge in [-0.1, -0.05) is 20.8 Å². The Labute approximate surface area is 118 Å². The van der Waals surface area contributed by atoms with E-state index in [1.54, 1.807) is 0 Å². The van der Waals surface area contributed by atoms with Crippen LogP contribution in [-0.2, 0) is 9.53 Å². The predicted molar refractivity (Wildman–Crippen MR) is 80.3 cm³/mol. The molecule has 0 saturated heterocycles. The first-order valence-electron chi connectivity index (χ1n) is 7.34. The molecule has 19 heavy (non-hydrogen) atoms. The van der Waals surface area contributed by atoms with E-state index in [0.717, 1.165) is 26.1 Å². The predicted octanol–water partition coefficient (Wildman–Crippen LogP) is 2.28. The summed E-state index contributed by atoms with van der Waals surface area (Å²) < 4.78 is 4.92. The maximum absolute atomic E-state index is 11.9. The summed E-state index contributed by atoms with van der Waals surface area (Å²) in [5.41, 5.74) is -0.590. The summed E-state index contributed by atoms with van der Waals surface area (Å²) in [5, 5.41) is 3.26. The Hall–Kier alpha value is -0.610. The number of methoxy groups -OCH3 is 1. The van der Waals surface area contributed by atoms with Crippen LogP contribution in [0.2, 0.25) is 0 Å². The van der Waals surface area contributed by atoms with Gasteiger partial charge in [-0.05, 0) is 39.7 Å². The summed E-state index contributed by atoms with van der Waals surface area (Å²) in [6.45, 7) is 15.5. The number of nitrogens with one attached hydrogen (secondary N) is 1. The molecule has 1 atom stereocenters. The van der Waals surface area contributed by atoms with Gasteiger partial charge >= 0.3 is 5.97 Å². The molecule has 0 heterocycles. The molecule has 0 spiro atoms. The number of nitrogens with zero attached hydrogens (tertiary/aromatic N) is 1. The lowest BCUT2D eigenvalue weighted by Gasteiger charge is -2.33. The normalized spacial score (nSPS) is 15.1. The highest BCUT2D eigenvalue weighted by Crippen LogP contribution is 2.15. The minimum Gasteiger partial charge on any atom is -0.468 e. The van der Waals surface area contributed by atoms with Crippen LogP contribution in [0.25, 0.3) is 0 Å². The van der Waals surface area contributed by atoms with Crippen molar-refractivity contribution in [1.29, 1.82) is 0 Å². The first-order valence-corrected chi connectivity index (χ1v) is 7.34. The van der Waals surface area contributed by atoms with Crippen LogP contribution in [0.15, 0.2) is 0 Å². The number of likely N-dealkylation sites (N-methyl/N-ethyl adjacent to an activating group) is 1. The molecule has 0 fully saturated rings. The molecule has 0 aliphatic rings. The number of hydrogen-bond donors (Lipinski definition) is 1. The third-order valence-electron chi connectivity index (χ3n) is 3.43. The van der Waals surface area contributed by atoms with Crippen molar-refractivity contribution in [3.05, 3.63) is 0 Å². The van der Waals surface area contributed by atoms with Gasteiger partial charge in [-0.15, -0.1) is 0 Å². The van der Waals surface area contributed by atoms with Crippen molar-refractivity contribution in [3.8, 4) is 0 Å². The van der Waals surface area contributed by atoms with Crippen molar-refractivity contribution < 1.29 is 9.53 Å².